The molecule has 0 spiro atoms. The maximum Gasteiger partial charge on any atom is 0.248 e. The van der Waals surface area contributed by atoms with Crippen LogP contribution in [0.1, 0.15) is 36.9 Å². The predicted molar refractivity (Wildman–Crippen MR) is 74.3 cm³/mol. The largest absolute Gasteiger partial charge is 0.331 e. The number of hydrogen-bond donors (Lipinski definition) is 1. The molecule has 1 aliphatic heterocycles. The normalized spacial score (nSPS) is 24.8. The lowest BCUT2D eigenvalue weighted by molar-refractivity contribution is -0.125. The van der Waals surface area contributed by atoms with Gasteiger partial charge in [-0.1, -0.05) is 11.6 Å². The number of amides is 1. The fourth-order valence-electron chi connectivity index (χ4n) is 2.62. The second-order valence-electron chi connectivity index (χ2n) is 5.61. The van der Waals surface area contributed by atoms with Gasteiger partial charge in [0, 0.05) is 12.1 Å². The van der Waals surface area contributed by atoms with Gasteiger partial charge in [-0.2, -0.15) is 0 Å². The van der Waals surface area contributed by atoms with Crippen molar-refractivity contribution >= 4 is 28.9 Å². The highest BCUT2D eigenvalue weighted by Crippen LogP contribution is 2.56. The molecule has 116 valence electrons. The van der Waals surface area contributed by atoms with Crippen LogP contribution in [0, 0.1) is 5.92 Å². The summed E-state index contributed by atoms with van der Waals surface area (Å²) in [5.41, 5.74) is 0.892. The molecule has 1 aromatic rings. The highest BCUT2D eigenvalue weighted by atomic mass is 35.5. The second-order valence-corrected chi connectivity index (χ2v) is 5.96. The summed E-state index contributed by atoms with van der Waals surface area (Å²) in [6.07, 6.45) is 1.30. The quantitative estimate of drug-likeness (QED) is 0.865. The van der Waals surface area contributed by atoms with Crippen molar-refractivity contribution in [1.29, 1.82) is 0 Å². The molecule has 1 saturated carbocycles. The molecule has 1 N–H and O–H groups in total. The van der Waals surface area contributed by atoms with Crippen LogP contribution in [0.25, 0.3) is 5.57 Å². The van der Waals surface area contributed by atoms with Gasteiger partial charge in [-0.25, -0.2) is 8.78 Å². The van der Waals surface area contributed by atoms with Crippen molar-refractivity contribution in [2.45, 2.75) is 31.6 Å². The standard InChI is InChI=1S/C14H12ClF2N3O2/c1-14(16,17)9-2-6(9)7-3-10(19-20-13(7)15)8-5-18-12(22)4-11(8)21/h3,5-6,9H,2,4H2,1H3,(H,18,22)/t6-,9+/m1/s1. The van der Waals surface area contributed by atoms with Crippen molar-refractivity contribution < 1.29 is 18.4 Å². The minimum absolute atomic E-state index is 0.0633. The number of rotatable bonds is 3. The van der Waals surface area contributed by atoms with Crippen molar-refractivity contribution in [2.24, 2.45) is 5.92 Å². The van der Waals surface area contributed by atoms with Gasteiger partial charge in [-0.05, 0) is 30.9 Å². The van der Waals surface area contributed by atoms with Crippen LogP contribution >= 0.6 is 11.6 Å². The number of Topliss-reactive ketones (excluding diaryl/α,β-unsaturated/α-hetero) is 1. The second kappa shape index (κ2) is 5.08. The molecule has 0 saturated heterocycles. The number of ketones is 1. The molecule has 0 unspecified atom stereocenters. The molecule has 3 rings (SSSR count). The van der Waals surface area contributed by atoms with Crippen molar-refractivity contribution in [3.63, 3.8) is 0 Å². The number of nitrogens with zero attached hydrogens (tertiary/aromatic N) is 2. The average molecular weight is 328 g/mol. The van der Waals surface area contributed by atoms with E-state index in [4.69, 9.17) is 11.6 Å². The van der Waals surface area contributed by atoms with Crippen LogP contribution in [0.15, 0.2) is 12.3 Å². The summed E-state index contributed by atoms with van der Waals surface area (Å²) in [5.74, 6) is -4.75. The van der Waals surface area contributed by atoms with E-state index in [1.54, 1.807) is 0 Å². The molecule has 1 aromatic heterocycles. The molecule has 1 aliphatic carbocycles. The number of aromatic nitrogens is 2. The summed E-state index contributed by atoms with van der Waals surface area (Å²) in [6.45, 7) is 0.879. The first-order valence-electron chi connectivity index (χ1n) is 6.71. The first-order chi connectivity index (χ1) is 10.3. The Balaban J connectivity index is 1.92. The lowest BCUT2D eigenvalue weighted by Gasteiger charge is -2.13. The molecular formula is C14H12ClF2N3O2. The summed E-state index contributed by atoms with van der Waals surface area (Å²) in [4.78, 5) is 23.0. The van der Waals surface area contributed by atoms with E-state index in [-0.39, 0.29) is 28.6 Å². The molecule has 22 heavy (non-hydrogen) atoms. The molecule has 0 bridgehead atoms. The van der Waals surface area contributed by atoms with Gasteiger partial charge in [0.15, 0.2) is 10.9 Å². The highest BCUT2D eigenvalue weighted by Gasteiger charge is 2.53. The summed E-state index contributed by atoms with van der Waals surface area (Å²) in [6, 6.07) is 1.51. The SMILES string of the molecule is CC(F)(F)[C@H]1C[C@@H]1c1cc(C2=CNC(=O)CC2=O)nnc1Cl. The first-order valence-corrected chi connectivity index (χ1v) is 7.09. The summed E-state index contributed by atoms with van der Waals surface area (Å²) in [7, 11) is 0. The van der Waals surface area contributed by atoms with Crippen LogP contribution in [0.3, 0.4) is 0 Å². The molecule has 5 nitrogen and oxygen atoms in total. The van der Waals surface area contributed by atoms with E-state index in [0.29, 0.717) is 12.0 Å². The molecule has 8 heteroatoms. The Morgan fingerprint density at radius 1 is 1.36 bits per heavy atom. The fraction of sp³-hybridized carbons (Fsp3) is 0.429. The number of nitrogens with one attached hydrogen (secondary N) is 1. The van der Waals surface area contributed by atoms with E-state index >= 15 is 0 Å². The van der Waals surface area contributed by atoms with Gasteiger partial charge in [-0.3, -0.25) is 9.59 Å². The van der Waals surface area contributed by atoms with E-state index < -0.39 is 23.7 Å². The molecular weight excluding hydrogens is 316 g/mol. The number of carbonyl (C=O) groups is 2. The first kappa shape index (κ1) is 15.0. The van der Waals surface area contributed by atoms with Crippen LogP contribution in [-0.4, -0.2) is 27.8 Å². The Labute approximate surface area is 129 Å². The van der Waals surface area contributed by atoms with Crippen molar-refractivity contribution in [3.05, 3.63) is 28.7 Å². The number of halogens is 3. The Morgan fingerprint density at radius 3 is 2.68 bits per heavy atom. The average Bonchev–Trinajstić information content (AvgIpc) is 3.20. The number of alkyl halides is 2. The van der Waals surface area contributed by atoms with Gasteiger partial charge in [0.05, 0.1) is 17.7 Å². The number of hydrogen-bond acceptors (Lipinski definition) is 4. The van der Waals surface area contributed by atoms with Gasteiger partial charge in [0.1, 0.15) is 0 Å². The molecule has 2 atom stereocenters. The number of carbonyl (C=O) groups excluding carboxylic acids is 2. The molecule has 1 fully saturated rings. The fourth-order valence-corrected chi connectivity index (χ4v) is 2.86. The Kier molecular flexibility index (Phi) is 3.47. The zero-order chi connectivity index (χ0) is 16.1. The zero-order valence-electron chi connectivity index (χ0n) is 11.6. The van der Waals surface area contributed by atoms with E-state index in [0.717, 1.165) is 6.92 Å². The Bertz CT molecular complexity index is 700. The smallest absolute Gasteiger partial charge is 0.248 e. The lowest BCUT2D eigenvalue weighted by Crippen LogP contribution is -2.27. The maximum atomic E-state index is 13.3. The molecule has 0 aromatic carbocycles. The maximum absolute atomic E-state index is 13.3. The van der Waals surface area contributed by atoms with Crippen LogP contribution < -0.4 is 5.32 Å². The van der Waals surface area contributed by atoms with Gasteiger partial charge in [0.25, 0.3) is 0 Å². The van der Waals surface area contributed by atoms with E-state index in [1.807, 2.05) is 0 Å². The van der Waals surface area contributed by atoms with Crippen LogP contribution in [0.5, 0.6) is 0 Å². The van der Waals surface area contributed by atoms with Crippen molar-refractivity contribution in [3.8, 4) is 0 Å². The van der Waals surface area contributed by atoms with Gasteiger partial charge < -0.3 is 5.32 Å². The van der Waals surface area contributed by atoms with Gasteiger partial charge >= 0.3 is 0 Å². The highest BCUT2D eigenvalue weighted by molar-refractivity contribution is 6.30. The Morgan fingerprint density at radius 2 is 2.09 bits per heavy atom. The topological polar surface area (TPSA) is 72.0 Å². The van der Waals surface area contributed by atoms with E-state index in [1.165, 1.54) is 12.3 Å². The minimum atomic E-state index is -2.79. The third-order valence-electron chi connectivity index (χ3n) is 3.89. The van der Waals surface area contributed by atoms with Gasteiger partial charge in [0.2, 0.25) is 11.8 Å². The van der Waals surface area contributed by atoms with E-state index in [2.05, 4.69) is 15.5 Å². The van der Waals surface area contributed by atoms with Crippen LogP contribution in [0.4, 0.5) is 8.78 Å². The predicted octanol–water partition coefficient (Wildman–Crippen LogP) is 2.32. The monoisotopic (exact) mass is 327 g/mol. The third-order valence-corrected chi connectivity index (χ3v) is 4.19. The minimum Gasteiger partial charge on any atom is -0.331 e. The molecule has 1 amide bonds. The third kappa shape index (κ3) is 2.72. The lowest BCUT2D eigenvalue weighted by atomic mass is 10.0. The summed E-state index contributed by atoms with van der Waals surface area (Å²) < 4.78 is 26.7. The van der Waals surface area contributed by atoms with Crippen molar-refractivity contribution in [1.82, 2.24) is 15.5 Å². The van der Waals surface area contributed by atoms with Crippen LogP contribution in [0.2, 0.25) is 5.15 Å². The van der Waals surface area contributed by atoms with Crippen molar-refractivity contribution in [2.75, 3.05) is 0 Å². The molecule has 0 radical (unpaired) electrons. The summed E-state index contributed by atoms with van der Waals surface area (Å²) >= 11 is 5.95. The Hall–Kier alpha value is -1.89. The molecule has 2 aliphatic rings. The van der Waals surface area contributed by atoms with E-state index in [9.17, 15) is 18.4 Å². The van der Waals surface area contributed by atoms with Gasteiger partial charge in [-0.15, -0.1) is 10.2 Å². The zero-order valence-corrected chi connectivity index (χ0v) is 12.3. The number of allylic oxidation sites excluding steroid dienone is 1. The molecule has 2 heterocycles. The summed E-state index contributed by atoms with van der Waals surface area (Å²) in [5, 5.41) is 10.1. The van der Waals surface area contributed by atoms with Crippen LogP contribution in [-0.2, 0) is 9.59 Å².